The van der Waals surface area contributed by atoms with Gasteiger partial charge < -0.3 is 20.4 Å². The number of anilines is 1. The second-order valence-electron chi connectivity index (χ2n) is 6.90. The number of likely N-dealkylation sites (N-methyl/N-ethyl adjacent to an activating group) is 1. The topological polar surface area (TPSA) is 60.0 Å². The van der Waals surface area contributed by atoms with Crippen LogP contribution in [0.15, 0.2) is 29.3 Å². The quantitative estimate of drug-likeness (QED) is 0.393. The van der Waals surface area contributed by atoms with Crippen molar-refractivity contribution in [3.05, 3.63) is 29.8 Å². The second-order valence-corrected chi connectivity index (χ2v) is 6.90. The van der Waals surface area contributed by atoms with Gasteiger partial charge in [-0.1, -0.05) is 12.1 Å². The lowest BCUT2D eigenvalue weighted by atomic mass is 10.2. The van der Waals surface area contributed by atoms with Crippen LogP contribution in [-0.4, -0.2) is 56.5 Å². The summed E-state index contributed by atoms with van der Waals surface area (Å²) in [5, 5.41) is 6.78. The molecule has 0 bridgehead atoms. The number of hydrogen-bond acceptors (Lipinski definition) is 3. The average molecular weight is 471 g/mol. The minimum absolute atomic E-state index is 0. The van der Waals surface area contributed by atoms with Gasteiger partial charge in [-0.05, 0) is 50.6 Å². The number of amides is 1. The Kier molecular flexibility index (Phi) is 8.15. The number of aliphatic imine (C=N–C) groups is 1. The lowest BCUT2D eigenvalue weighted by Gasteiger charge is -2.21. The molecule has 144 valence electrons. The van der Waals surface area contributed by atoms with Crippen molar-refractivity contribution in [3.63, 3.8) is 0 Å². The molecule has 1 unspecified atom stereocenters. The molecule has 0 aromatic heterocycles. The minimum atomic E-state index is 0. The molecule has 2 aliphatic heterocycles. The molecular formula is C19H30IN5O. The van der Waals surface area contributed by atoms with Gasteiger partial charge >= 0.3 is 0 Å². The molecule has 26 heavy (non-hydrogen) atoms. The normalized spacial score (nSPS) is 21.0. The molecule has 2 heterocycles. The molecule has 1 amide bonds. The van der Waals surface area contributed by atoms with E-state index in [1.54, 1.807) is 7.05 Å². The standard InChI is InChI=1S/C19H29N5O.HI/c1-20-19(22-14-17-5-3-11-23(17)2)21-13-15-7-9-16(10-8-15)24-12-4-6-18(24)25;/h7-10,17H,3-6,11-14H2,1-2H3,(H2,20,21,22);1H. The zero-order chi connectivity index (χ0) is 17.6. The van der Waals surface area contributed by atoms with Gasteiger partial charge in [0.15, 0.2) is 5.96 Å². The van der Waals surface area contributed by atoms with Crippen LogP contribution in [-0.2, 0) is 11.3 Å². The van der Waals surface area contributed by atoms with Gasteiger partial charge in [0.05, 0.1) is 0 Å². The van der Waals surface area contributed by atoms with E-state index < -0.39 is 0 Å². The first kappa shape index (κ1) is 21.0. The number of nitrogens with one attached hydrogen (secondary N) is 2. The molecule has 1 atom stereocenters. The van der Waals surface area contributed by atoms with E-state index in [-0.39, 0.29) is 29.9 Å². The van der Waals surface area contributed by atoms with Gasteiger partial charge in [0.1, 0.15) is 0 Å². The number of hydrogen-bond donors (Lipinski definition) is 2. The van der Waals surface area contributed by atoms with Gasteiger partial charge in [0.2, 0.25) is 5.91 Å². The van der Waals surface area contributed by atoms with Crippen molar-refractivity contribution in [1.29, 1.82) is 0 Å². The predicted molar refractivity (Wildman–Crippen MR) is 117 cm³/mol. The molecule has 1 aromatic carbocycles. The summed E-state index contributed by atoms with van der Waals surface area (Å²) in [7, 11) is 3.98. The van der Waals surface area contributed by atoms with Gasteiger partial charge in [-0.2, -0.15) is 0 Å². The summed E-state index contributed by atoms with van der Waals surface area (Å²) in [4.78, 5) is 20.4. The molecule has 7 heteroatoms. The van der Waals surface area contributed by atoms with E-state index >= 15 is 0 Å². The third-order valence-corrected chi connectivity index (χ3v) is 5.18. The Morgan fingerprint density at radius 2 is 1.96 bits per heavy atom. The maximum Gasteiger partial charge on any atom is 0.227 e. The predicted octanol–water partition coefficient (Wildman–Crippen LogP) is 2.19. The van der Waals surface area contributed by atoms with E-state index in [4.69, 9.17) is 0 Å². The largest absolute Gasteiger partial charge is 0.355 e. The Morgan fingerprint density at radius 3 is 2.54 bits per heavy atom. The summed E-state index contributed by atoms with van der Waals surface area (Å²) in [5.41, 5.74) is 2.18. The van der Waals surface area contributed by atoms with E-state index in [0.29, 0.717) is 19.0 Å². The monoisotopic (exact) mass is 471 g/mol. The summed E-state index contributed by atoms with van der Waals surface area (Å²) in [5.74, 6) is 1.06. The summed E-state index contributed by atoms with van der Waals surface area (Å²) in [6.07, 6.45) is 4.15. The van der Waals surface area contributed by atoms with Crippen molar-refractivity contribution in [2.75, 3.05) is 38.6 Å². The molecule has 0 aliphatic carbocycles. The fourth-order valence-corrected chi connectivity index (χ4v) is 3.57. The SMILES string of the molecule is CN=C(NCc1ccc(N2CCCC2=O)cc1)NCC1CCCN1C.I. The molecule has 2 N–H and O–H groups in total. The molecule has 0 radical (unpaired) electrons. The van der Waals surface area contributed by atoms with E-state index in [2.05, 4.69) is 39.7 Å². The number of guanidine groups is 1. The molecule has 2 aliphatic rings. The number of nitrogens with zero attached hydrogens (tertiary/aromatic N) is 3. The van der Waals surface area contributed by atoms with Crippen molar-refractivity contribution in [2.45, 2.75) is 38.3 Å². The Hall–Kier alpha value is -1.35. The van der Waals surface area contributed by atoms with Crippen LogP contribution < -0.4 is 15.5 Å². The van der Waals surface area contributed by atoms with E-state index in [0.717, 1.165) is 31.2 Å². The molecule has 1 aromatic rings. The number of rotatable bonds is 5. The summed E-state index contributed by atoms with van der Waals surface area (Å²) < 4.78 is 0. The first-order valence-corrected chi connectivity index (χ1v) is 9.21. The van der Waals surface area contributed by atoms with Gasteiger partial charge in [0.25, 0.3) is 0 Å². The van der Waals surface area contributed by atoms with Crippen LogP contribution in [0.3, 0.4) is 0 Å². The van der Waals surface area contributed by atoms with Crippen LogP contribution in [0.25, 0.3) is 0 Å². The van der Waals surface area contributed by atoms with E-state index in [1.807, 2.05) is 17.0 Å². The van der Waals surface area contributed by atoms with Crippen molar-refractivity contribution < 1.29 is 4.79 Å². The highest BCUT2D eigenvalue weighted by Crippen LogP contribution is 2.21. The average Bonchev–Trinajstić information content (AvgIpc) is 3.24. The van der Waals surface area contributed by atoms with Crippen molar-refractivity contribution in [1.82, 2.24) is 15.5 Å². The van der Waals surface area contributed by atoms with Crippen molar-refractivity contribution >= 4 is 41.5 Å². The Bertz CT molecular complexity index is 619. The van der Waals surface area contributed by atoms with E-state index in [9.17, 15) is 4.79 Å². The molecule has 2 saturated heterocycles. The van der Waals surface area contributed by atoms with Crippen LogP contribution in [0.1, 0.15) is 31.2 Å². The first-order valence-electron chi connectivity index (χ1n) is 9.21. The van der Waals surface area contributed by atoms with Crippen LogP contribution >= 0.6 is 24.0 Å². The maximum atomic E-state index is 11.8. The summed E-state index contributed by atoms with van der Waals surface area (Å²) >= 11 is 0. The smallest absolute Gasteiger partial charge is 0.227 e. The van der Waals surface area contributed by atoms with Gasteiger partial charge in [-0.25, -0.2) is 0 Å². The summed E-state index contributed by atoms with van der Waals surface area (Å²) in [6.45, 7) is 3.66. The second kappa shape index (κ2) is 10.1. The molecule has 0 spiro atoms. The van der Waals surface area contributed by atoms with Crippen LogP contribution in [0.5, 0.6) is 0 Å². The molecule has 6 nitrogen and oxygen atoms in total. The highest BCUT2D eigenvalue weighted by atomic mass is 127. The van der Waals surface area contributed by atoms with Gasteiger partial charge in [-0.15, -0.1) is 24.0 Å². The lowest BCUT2D eigenvalue weighted by Crippen LogP contribution is -2.43. The van der Waals surface area contributed by atoms with Gasteiger partial charge in [-0.3, -0.25) is 9.79 Å². The lowest BCUT2D eigenvalue weighted by molar-refractivity contribution is -0.117. The highest BCUT2D eigenvalue weighted by Gasteiger charge is 2.22. The highest BCUT2D eigenvalue weighted by molar-refractivity contribution is 14.0. The molecule has 2 fully saturated rings. The first-order chi connectivity index (χ1) is 12.2. The summed E-state index contributed by atoms with van der Waals surface area (Å²) in [6, 6.07) is 8.81. The minimum Gasteiger partial charge on any atom is -0.355 e. The zero-order valence-corrected chi connectivity index (χ0v) is 18.0. The number of halogens is 1. The number of carbonyl (C=O) groups is 1. The maximum absolute atomic E-state index is 11.8. The van der Waals surface area contributed by atoms with E-state index in [1.165, 1.54) is 24.9 Å². The molecular weight excluding hydrogens is 441 g/mol. The van der Waals surface area contributed by atoms with Crippen LogP contribution in [0.2, 0.25) is 0 Å². The fraction of sp³-hybridized carbons (Fsp3) is 0.579. The van der Waals surface area contributed by atoms with Crippen molar-refractivity contribution in [2.24, 2.45) is 4.99 Å². The van der Waals surface area contributed by atoms with Gasteiger partial charge in [0, 0.05) is 44.8 Å². The molecule has 3 rings (SSSR count). The third kappa shape index (κ3) is 5.33. The third-order valence-electron chi connectivity index (χ3n) is 5.18. The Morgan fingerprint density at radius 1 is 1.19 bits per heavy atom. The van der Waals surface area contributed by atoms with Crippen molar-refractivity contribution in [3.8, 4) is 0 Å². The van der Waals surface area contributed by atoms with Crippen LogP contribution in [0.4, 0.5) is 5.69 Å². The fourth-order valence-electron chi connectivity index (χ4n) is 3.57. The Balaban J connectivity index is 0.00000243. The zero-order valence-electron chi connectivity index (χ0n) is 15.7. The molecule has 0 saturated carbocycles. The Labute approximate surface area is 173 Å². The number of benzene rings is 1. The van der Waals surface area contributed by atoms with Crippen LogP contribution in [0, 0.1) is 0 Å². The number of likely N-dealkylation sites (tertiary alicyclic amines) is 1. The number of carbonyl (C=O) groups excluding carboxylic acids is 1.